The molecule has 0 bridgehead atoms. The average Bonchev–Trinajstić information content (AvgIpc) is 2.67. The molecule has 0 atom stereocenters. The van der Waals surface area contributed by atoms with Crippen molar-refractivity contribution in [2.45, 2.75) is 26.7 Å². The van der Waals surface area contributed by atoms with Crippen molar-refractivity contribution < 1.29 is 28.5 Å². The molecule has 7 nitrogen and oxygen atoms in total. The quantitative estimate of drug-likeness (QED) is 0.435. The van der Waals surface area contributed by atoms with Gasteiger partial charge in [0.25, 0.3) is 5.91 Å². The van der Waals surface area contributed by atoms with Gasteiger partial charge in [-0.15, -0.1) is 0 Å². The van der Waals surface area contributed by atoms with Crippen molar-refractivity contribution in [2.75, 3.05) is 41.0 Å². The number of esters is 1. The lowest BCUT2D eigenvalue weighted by molar-refractivity contribution is -0.151. The fourth-order valence-corrected chi connectivity index (χ4v) is 2.53. The zero-order chi connectivity index (χ0) is 20.4. The molecule has 0 saturated carbocycles. The molecule has 0 unspecified atom stereocenters. The summed E-state index contributed by atoms with van der Waals surface area (Å²) in [5.74, 6) is 0.863. The molecular formula is C20H29NO6. The molecule has 0 fully saturated rings. The van der Waals surface area contributed by atoms with E-state index in [0.29, 0.717) is 36.8 Å². The van der Waals surface area contributed by atoms with Crippen LogP contribution in [0.5, 0.6) is 17.2 Å². The lowest BCUT2D eigenvalue weighted by atomic mass is 10.1. The summed E-state index contributed by atoms with van der Waals surface area (Å²) in [6.45, 7) is 8.23. The number of carbonyl (C=O) groups excluding carboxylic acids is 2. The van der Waals surface area contributed by atoms with E-state index in [4.69, 9.17) is 18.9 Å². The molecule has 1 amide bonds. The first-order chi connectivity index (χ1) is 12.9. The monoisotopic (exact) mass is 379 g/mol. The Hall–Kier alpha value is -2.70. The highest BCUT2D eigenvalue weighted by molar-refractivity contribution is 5.80. The van der Waals surface area contributed by atoms with Crippen LogP contribution in [0.1, 0.15) is 25.8 Å². The molecule has 1 rings (SSSR count). The van der Waals surface area contributed by atoms with Crippen molar-refractivity contribution in [3.8, 4) is 17.2 Å². The van der Waals surface area contributed by atoms with Crippen LogP contribution in [0.4, 0.5) is 0 Å². The molecule has 1 aromatic rings. The van der Waals surface area contributed by atoms with Crippen LogP contribution in [0, 0.1) is 0 Å². The predicted octanol–water partition coefficient (Wildman–Crippen LogP) is 2.61. The summed E-state index contributed by atoms with van der Waals surface area (Å²) < 4.78 is 21.0. The smallest absolute Gasteiger partial charge is 0.306 e. The molecule has 0 heterocycles. The molecule has 0 aliphatic rings. The van der Waals surface area contributed by atoms with Gasteiger partial charge in [0.05, 0.1) is 21.3 Å². The van der Waals surface area contributed by atoms with Gasteiger partial charge in [0.1, 0.15) is 0 Å². The summed E-state index contributed by atoms with van der Waals surface area (Å²) in [5, 5.41) is 0. The lowest BCUT2D eigenvalue weighted by Crippen LogP contribution is -2.35. The van der Waals surface area contributed by atoms with Crippen LogP contribution >= 0.6 is 0 Å². The molecule has 0 spiro atoms. The van der Waals surface area contributed by atoms with Gasteiger partial charge in [-0.1, -0.05) is 12.2 Å². The molecule has 150 valence electrons. The Morgan fingerprint density at radius 3 is 2.11 bits per heavy atom. The molecular weight excluding hydrogens is 350 g/mol. The van der Waals surface area contributed by atoms with Crippen molar-refractivity contribution in [1.82, 2.24) is 4.90 Å². The number of rotatable bonds is 11. The van der Waals surface area contributed by atoms with Gasteiger partial charge in [-0.3, -0.25) is 9.59 Å². The fourth-order valence-electron chi connectivity index (χ4n) is 2.53. The number of nitrogens with zero attached hydrogens (tertiary/aromatic N) is 1. The number of amides is 1. The van der Waals surface area contributed by atoms with E-state index in [1.165, 1.54) is 21.3 Å². The average molecular weight is 379 g/mol. The number of aryl methyl sites for hydroxylation is 1. The van der Waals surface area contributed by atoms with E-state index in [2.05, 4.69) is 6.58 Å². The molecule has 0 N–H and O–H groups in total. The first-order valence-electron chi connectivity index (χ1n) is 8.72. The Balaban J connectivity index is 2.62. The zero-order valence-electron chi connectivity index (χ0n) is 16.8. The Bertz CT molecular complexity index is 645. The summed E-state index contributed by atoms with van der Waals surface area (Å²) in [4.78, 5) is 25.7. The molecule has 0 aliphatic carbocycles. The van der Waals surface area contributed by atoms with Crippen LogP contribution in [0.25, 0.3) is 0 Å². The van der Waals surface area contributed by atoms with E-state index in [-0.39, 0.29) is 18.9 Å². The van der Waals surface area contributed by atoms with Gasteiger partial charge >= 0.3 is 5.97 Å². The van der Waals surface area contributed by atoms with E-state index in [1.807, 2.05) is 13.8 Å². The van der Waals surface area contributed by atoms with Crippen molar-refractivity contribution in [3.05, 3.63) is 29.8 Å². The molecule has 0 aliphatic heterocycles. The Morgan fingerprint density at radius 1 is 1.07 bits per heavy atom. The maximum atomic E-state index is 12.1. The minimum Gasteiger partial charge on any atom is -0.493 e. The van der Waals surface area contributed by atoms with Crippen molar-refractivity contribution in [1.29, 1.82) is 0 Å². The van der Waals surface area contributed by atoms with Gasteiger partial charge < -0.3 is 23.8 Å². The second kappa shape index (κ2) is 11.1. The summed E-state index contributed by atoms with van der Waals surface area (Å²) in [6.07, 6.45) is 0.561. The van der Waals surface area contributed by atoms with Crippen molar-refractivity contribution in [2.24, 2.45) is 0 Å². The molecule has 0 radical (unpaired) electrons. The second-order valence-corrected chi connectivity index (χ2v) is 6.06. The standard InChI is InChI=1S/C20H29NO6/c1-7-21(12-14(2)3)18(22)13-27-19(23)9-8-15-10-16(24-4)20(26-6)17(11-15)25-5/h10-11H,2,7-9,12-13H2,1,3-6H3. The second-order valence-electron chi connectivity index (χ2n) is 6.06. The van der Waals surface area contributed by atoms with E-state index >= 15 is 0 Å². The third-order valence-electron chi connectivity index (χ3n) is 3.89. The third kappa shape index (κ3) is 6.84. The maximum Gasteiger partial charge on any atom is 0.306 e. The first kappa shape index (κ1) is 22.3. The van der Waals surface area contributed by atoms with Crippen LogP contribution in [0.2, 0.25) is 0 Å². The molecule has 27 heavy (non-hydrogen) atoms. The number of hydrogen-bond acceptors (Lipinski definition) is 6. The summed E-state index contributed by atoms with van der Waals surface area (Å²) in [6, 6.07) is 3.57. The third-order valence-corrected chi connectivity index (χ3v) is 3.89. The number of ether oxygens (including phenoxy) is 4. The molecule has 7 heteroatoms. The summed E-state index contributed by atoms with van der Waals surface area (Å²) in [5.41, 5.74) is 1.71. The first-order valence-corrected chi connectivity index (χ1v) is 8.72. The highest BCUT2D eigenvalue weighted by Gasteiger charge is 2.16. The fraction of sp³-hybridized carbons (Fsp3) is 0.500. The number of methoxy groups -OCH3 is 3. The van der Waals surface area contributed by atoms with Crippen molar-refractivity contribution >= 4 is 11.9 Å². The predicted molar refractivity (Wildman–Crippen MR) is 102 cm³/mol. The van der Waals surface area contributed by atoms with Gasteiger partial charge in [0, 0.05) is 19.5 Å². The minimum atomic E-state index is -0.441. The summed E-state index contributed by atoms with van der Waals surface area (Å²) >= 11 is 0. The van der Waals surface area contributed by atoms with E-state index < -0.39 is 5.97 Å². The maximum absolute atomic E-state index is 12.1. The van der Waals surface area contributed by atoms with Gasteiger partial charge in [-0.2, -0.15) is 0 Å². The number of benzene rings is 1. The van der Waals surface area contributed by atoms with Gasteiger partial charge in [0.15, 0.2) is 18.1 Å². The zero-order valence-corrected chi connectivity index (χ0v) is 16.8. The topological polar surface area (TPSA) is 74.3 Å². The van der Waals surface area contributed by atoms with Crippen LogP contribution in [0.3, 0.4) is 0 Å². The lowest BCUT2D eigenvalue weighted by Gasteiger charge is -2.20. The highest BCUT2D eigenvalue weighted by atomic mass is 16.5. The normalized spacial score (nSPS) is 10.1. The van der Waals surface area contributed by atoms with Gasteiger partial charge in [-0.05, 0) is 38.0 Å². The Morgan fingerprint density at radius 2 is 1.67 bits per heavy atom. The van der Waals surface area contributed by atoms with E-state index in [0.717, 1.165) is 11.1 Å². The SMILES string of the molecule is C=C(C)CN(CC)C(=O)COC(=O)CCc1cc(OC)c(OC)c(OC)c1. The minimum absolute atomic E-state index is 0.137. The number of hydrogen-bond donors (Lipinski definition) is 0. The van der Waals surface area contributed by atoms with E-state index in [1.54, 1.807) is 17.0 Å². The van der Waals surface area contributed by atoms with Gasteiger partial charge in [-0.25, -0.2) is 0 Å². The van der Waals surface area contributed by atoms with Gasteiger partial charge in [0.2, 0.25) is 5.75 Å². The van der Waals surface area contributed by atoms with Crippen LogP contribution in [-0.2, 0) is 20.7 Å². The Kier molecular flexibility index (Phi) is 9.19. The van der Waals surface area contributed by atoms with Crippen LogP contribution in [-0.4, -0.2) is 57.8 Å². The highest BCUT2D eigenvalue weighted by Crippen LogP contribution is 2.38. The van der Waals surface area contributed by atoms with Crippen molar-refractivity contribution in [3.63, 3.8) is 0 Å². The molecule has 0 saturated heterocycles. The van der Waals surface area contributed by atoms with Crippen LogP contribution < -0.4 is 14.2 Å². The largest absolute Gasteiger partial charge is 0.493 e. The van der Waals surface area contributed by atoms with Crippen LogP contribution in [0.15, 0.2) is 24.3 Å². The number of likely N-dealkylation sites (N-methyl/N-ethyl adjacent to an activating group) is 1. The molecule has 1 aromatic carbocycles. The Labute approximate surface area is 160 Å². The van der Waals surface area contributed by atoms with E-state index in [9.17, 15) is 9.59 Å². The summed E-state index contributed by atoms with van der Waals surface area (Å²) in [7, 11) is 4.60. The molecule has 0 aromatic heterocycles. The number of carbonyl (C=O) groups is 2.